The van der Waals surface area contributed by atoms with Crippen LogP contribution in [-0.2, 0) is 6.54 Å². The molecule has 0 aliphatic heterocycles. The van der Waals surface area contributed by atoms with Crippen molar-refractivity contribution in [1.29, 1.82) is 0 Å². The highest BCUT2D eigenvalue weighted by atomic mass is 79.9. The lowest BCUT2D eigenvalue weighted by atomic mass is 10.1. The Balaban J connectivity index is 2.15. The fraction of sp³-hybridized carbons (Fsp3) is 0.200. The van der Waals surface area contributed by atoms with Crippen LogP contribution >= 0.6 is 15.9 Å². The number of aryl methyl sites for hydroxylation is 2. The summed E-state index contributed by atoms with van der Waals surface area (Å²) in [6.07, 6.45) is 0. The van der Waals surface area contributed by atoms with Gasteiger partial charge in [-0.15, -0.1) is 0 Å². The molecule has 2 rings (SSSR count). The summed E-state index contributed by atoms with van der Waals surface area (Å²) in [4.78, 5) is 10.3. The molecule has 0 amide bonds. The molecule has 0 aliphatic rings. The summed E-state index contributed by atoms with van der Waals surface area (Å²) in [5.41, 5.74) is 4.52. The van der Waals surface area contributed by atoms with Crippen molar-refractivity contribution >= 4 is 27.3 Å². The number of benzene rings is 2. The van der Waals surface area contributed by atoms with Crippen molar-refractivity contribution in [2.75, 3.05) is 5.32 Å². The predicted molar refractivity (Wildman–Crippen MR) is 84.0 cm³/mol. The molecule has 0 spiro atoms. The van der Waals surface area contributed by atoms with E-state index in [1.54, 1.807) is 6.07 Å². The van der Waals surface area contributed by atoms with E-state index in [1.807, 2.05) is 13.8 Å². The number of nitrogens with zero attached hydrogens (tertiary/aromatic N) is 1. The molecule has 1 N–H and O–H groups in total. The summed E-state index contributed by atoms with van der Waals surface area (Å²) in [6, 6.07) is 11.0. The summed E-state index contributed by atoms with van der Waals surface area (Å²) < 4.78 is 0.740. The van der Waals surface area contributed by atoms with E-state index < -0.39 is 4.92 Å². The number of non-ortho nitro benzene ring substituents is 1. The minimum atomic E-state index is -0.396. The molecule has 0 unspecified atom stereocenters. The highest BCUT2D eigenvalue weighted by molar-refractivity contribution is 9.10. The third-order valence-corrected chi connectivity index (χ3v) is 3.85. The van der Waals surface area contributed by atoms with Gasteiger partial charge < -0.3 is 5.32 Å². The Morgan fingerprint density at radius 1 is 1.20 bits per heavy atom. The molecular weight excluding hydrogens is 320 g/mol. The van der Waals surface area contributed by atoms with Crippen molar-refractivity contribution in [1.82, 2.24) is 0 Å². The Kier molecular flexibility index (Phi) is 4.39. The second kappa shape index (κ2) is 6.05. The van der Waals surface area contributed by atoms with Crippen molar-refractivity contribution in [3.63, 3.8) is 0 Å². The fourth-order valence-corrected chi connectivity index (χ4v) is 2.42. The van der Waals surface area contributed by atoms with Gasteiger partial charge in [0.2, 0.25) is 0 Å². The SMILES string of the molecule is Cc1ccc(C)c(NCc2ccc([N+](=O)[O-])cc2Br)c1. The number of hydrogen-bond acceptors (Lipinski definition) is 3. The number of halogens is 1. The Labute approximate surface area is 126 Å². The first-order valence-electron chi connectivity index (χ1n) is 6.21. The summed E-state index contributed by atoms with van der Waals surface area (Å²) in [5.74, 6) is 0. The van der Waals surface area contributed by atoms with Crippen LogP contribution in [0, 0.1) is 24.0 Å². The lowest BCUT2D eigenvalue weighted by molar-refractivity contribution is -0.384. The average molecular weight is 335 g/mol. The Morgan fingerprint density at radius 3 is 2.60 bits per heavy atom. The molecule has 104 valence electrons. The van der Waals surface area contributed by atoms with Gasteiger partial charge in [0.25, 0.3) is 5.69 Å². The lowest BCUT2D eigenvalue weighted by Crippen LogP contribution is -2.02. The second-order valence-electron chi connectivity index (χ2n) is 4.70. The maximum absolute atomic E-state index is 10.7. The second-order valence-corrected chi connectivity index (χ2v) is 5.56. The van der Waals surface area contributed by atoms with Gasteiger partial charge in [-0.2, -0.15) is 0 Å². The molecule has 0 fully saturated rings. The van der Waals surface area contributed by atoms with Crippen molar-refractivity contribution in [3.05, 3.63) is 67.7 Å². The summed E-state index contributed by atoms with van der Waals surface area (Å²) in [7, 11) is 0. The van der Waals surface area contributed by atoms with Gasteiger partial charge in [-0.3, -0.25) is 10.1 Å². The van der Waals surface area contributed by atoms with Gasteiger partial charge in [0, 0.05) is 28.8 Å². The standard InChI is InChI=1S/C15H15BrN2O2/c1-10-3-4-11(2)15(7-10)17-9-12-5-6-13(18(19)20)8-14(12)16/h3-8,17H,9H2,1-2H3. The van der Waals surface area contributed by atoms with E-state index in [1.165, 1.54) is 23.3 Å². The van der Waals surface area contributed by atoms with Crippen LogP contribution in [0.15, 0.2) is 40.9 Å². The van der Waals surface area contributed by atoms with Crippen LogP contribution in [0.4, 0.5) is 11.4 Å². The van der Waals surface area contributed by atoms with Crippen molar-refractivity contribution in [2.45, 2.75) is 20.4 Å². The molecule has 0 aliphatic carbocycles. The van der Waals surface area contributed by atoms with Gasteiger partial charge in [-0.25, -0.2) is 0 Å². The van der Waals surface area contributed by atoms with Gasteiger partial charge in [-0.1, -0.05) is 28.1 Å². The zero-order valence-electron chi connectivity index (χ0n) is 11.3. The van der Waals surface area contributed by atoms with E-state index in [2.05, 4.69) is 39.4 Å². The third-order valence-electron chi connectivity index (χ3n) is 3.11. The van der Waals surface area contributed by atoms with E-state index in [9.17, 15) is 10.1 Å². The highest BCUT2D eigenvalue weighted by Crippen LogP contribution is 2.24. The minimum Gasteiger partial charge on any atom is -0.381 e. The van der Waals surface area contributed by atoms with Gasteiger partial charge in [0.15, 0.2) is 0 Å². The number of nitrogens with one attached hydrogen (secondary N) is 1. The maximum Gasteiger partial charge on any atom is 0.270 e. The van der Waals surface area contributed by atoms with Crippen LogP contribution in [0.3, 0.4) is 0 Å². The topological polar surface area (TPSA) is 55.2 Å². The number of nitro benzene ring substituents is 1. The smallest absolute Gasteiger partial charge is 0.270 e. The minimum absolute atomic E-state index is 0.0901. The summed E-state index contributed by atoms with van der Waals surface area (Å²) in [6.45, 7) is 4.71. The normalized spacial score (nSPS) is 10.3. The first-order valence-corrected chi connectivity index (χ1v) is 7.00. The van der Waals surface area contributed by atoms with Crippen LogP contribution < -0.4 is 5.32 Å². The number of hydrogen-bond donors (Lipinski definition) is 1. The van der Waals surface area contributed by atoms with E-state index in [-0.39, 0.29) is 5.69 Å². The molecule has 2 aromatic carbocycles. The third kappa shape index (κ3) is 3.36. The monoisotopic (exact) mass is 334 g/mol. The molecule has 0 bridgehead atoms. The van der Waals surface area contributed by atoms with Crippen LogP contribution in [0.1, 0.15) is 16.7 Å². The van der Waals surface area contributed by atoms with Gasteiger partial charge in [0.1, 0.15) is 0 Å². The highest BCUT2D eigenvalue weighted by Gasteiger charge is 2.09. The first kappa shape index (κ1) is 14.5. The van der Waals surface area contributed by atoms with Crippen LogP contribution in [-0.4, -0.2) is 4.92 Å². The molecule has 0 heterocycles. The molecule has 0 atom stereocenters. The van der Waals surface area contributed by atoms with Crippen molar-refractivity contribution in [2.24, 2.45) is 0 Å². The van der Waals surface area contributed by atoms with Gasteiger partial charge in [0.05, 0.1) is 4.92 Å². The molecule has 0 radical (unpaired) electrons. The number of nitro groups is 1. The molecule has 2 aromatic rings. The molecule has 4 nitrogen and oxygen atoms in total. The van der Waals surface area contributed by atoms with Crippen molar-refractivity contribution < 1.29 is 4.92 Å². The zero-order chi connectivity index (χ0) is 14.7. The van der Waals surface area contributed by atoms with Crippen LogP contribution in [0.2, 0.25) is 0 Å². The Hall–Kier alpha value is -1.88. The van der Waals surface area contributed by atoms with E-state index >= 15 is 0 Å². The largest absolute Gasteiger partial charge is 0.381 e. The number of anilines is 1. The van der Waals surface area contributed by atoms with Crippen molar-refractivity contribution in [3.8, 4) is 0 Å². The number of rotatable bonds is 4. The molecular formula is C15H15BrN2O2. The molecule has 20 heavy (non-hydrogen) atoms. The molecule has 0 aromatic heterocycles. The predicted octanol–water partition coefficient (Wildman–Crippen LogP) is 4.59. The summed E-state index contributed by atoms with van der Waals surface area (Å²) >= 11 is 3.38. The van der Waals surface area contributed by atoms with E-state index in [4.69, 9.17) is 0 Å². The first-order chi connectivity index (χ1) is 9.47. The lowest BCUT2D eigenvalue weighted by Gasteiger charge is -2.11. The molecule has 0 saturated carbocycles. The summed E-state index contributed by atoms with van der Waals surface area (Å²) in [5, 5.41) is 14.1. The van der Waals surface area contributed by atoms with E-state index in [0.717, 1.165) is 15.7 Å². The fourth-order valence-electron chi connectivity index (χ4n) is 1.91. The Morgan fingerprint density at radius 2 is 1.95 bits per heavy atom. The Bertz CT molecular complexity index is 656. The molecule has 0 saturated heterocycles. The van der Waals surface area contributed by atoms with Crippen LogP contribution in [0.25, 0.3) is 0 Å². The average Bonchev–Trinajstić information content (AvgIpc) is 2.40. The zero-order valence-corrected chi connectivity index (χ0v) is 12.9. The van der Waals surface area contributed by atoms with Crippen LogP contribution in [0.5, 0.6) is 0 Å². The molecule has 5 heteroatoms. The van der Waals surface area contributed by atoms with Gasteiger partial charge in [-0.05, 0) is 42.7 Å². The van der Waals surface area contributed by atoms with E-state index in [0.29, 0.717) is 6.54 Å². The quantitative estimate of drug-likeness (QED) is 0.657. The maximum atomic E-state index is 10.7. The van der Waals surface area contributed by atoms with Gasteiger partial charge >= 0.3 is 0 Å².